The zero-order valence-corrected chi connectivity index (χ0v) is 9.23. The van der Waals surface area contributed by atoms with Gasteiger partial charge in [-0.15, -0.1) is 0 Å². The number of carbonyl (C=O) groups excluding carboxylic acids is 1. The van der Waals surface area contributed by atoms with Crippen molar-refractivity contribution in [2.45, 2.75) is 38.5 Å². The van der Waals surface area contributed by atoms with E-state index in [9.17, 15) is 9.90 Å². The topological polar surface area (TPSA) is 67.8 Å². The normalized spacial score (nSPS) is 27.7. The van der Waals surface area contributed by atoms with Gasteiger partial charge in [-0.25, -0.2) is 0 Å². The van der Waals surface area contributed by atoms with Crippen LogP contribution in [-0.2, 0) is 14.3 Å². The van der Waals surface area contributed by atoms with Crippen molar-refractivity contribution in [2.75, 3.05) is 19.8 Å². The Morgan fingerprint density at radius 2 is 2.40 bits per heavy atom. The molecule has 88 valence electrons. The monoisotopic (exact) mass is 217 g/mol. The van der Waals surface area contributed by atoms with Crippen molar-refractivity contribution < 1.29 is 19.4 Å². The Labute approximate surface area is 89.8 Å². The third-order valence-electron chi connectivity index (χ3n) is 2.27. The van der Waals surface area contributed by atoms with Crippen LogP contribution in [0.1, 0.15) is 20.3 Å². The number of rotatable bonds is 5. The smallest absolute Gasteiger partial charge is 0.323 e. The van der Waals surface area contributed by atoms with Crippen LogP contribution in [-0.4, -0.2) is 49.1 Å². The van der Waals surface area contributed by atoms with Crippen LogP contribution in [0.15, 0.2) is 0 Å². The Hall–Kier alpha value is -0.650. The molecule has 15 heavy (non-hydrogen) atoms. The second-order valence-electron chi connectivity index (χ2n) is 3.76. The molecule has 5 heteroatoms. The number of ether oxygens (including phenoxy) is 2. The van der Waals surface area contributed by atoms with E-state index in [0.717, 1.165) is 0 Å². The Bertz CT molecular complexity index is 210. The minimum absolute atomic E-state index is 0.239. The summed E-state index contributed by atoms with van der Waals surface area (Å²) in [5, 5.41) is 12.1. The van der Waals surface area contributed by atoms with E-state index in [0.29, 0.717) is 26.2 Å². The molecule has 3 atom stereocenters. The summed E-state index contributed by atoms with van der Waals surface area (Å²) in [5.41, 5.74) is 0. The second kappa shape index (κ2) is 6.05. The number of aliphatic hydroxyl groups excluding tert-OH is 1. The molecule has 0 bridgehead atoms. The molecule has 1 fully saturated rings. The largest absolute Gasteiger partial charge is 0.459 e. The predicted molar refractivity (Wildman–Crippen MR) is 54.5 cm³/mol. The van der Waals surface area contributed by atoms with E-state index in [1.165, 1.54) is 0 Å². The molecule has 2 N–H and O–H groups in total. The summed E-state index contributed by atoms with van der Waals surface area (Å²) in [6.07, 6.45) is -0.248. The third kappa shape index (κ3) is 4.15. The molecule has 0 aliphatic carbocycles. The molecule has 1 aliphatic rings. The second-order valence-corrected chi connectivity index (χ2v) is 3.76. The third-order valence-corrected chi connectivity index (χ3v) is 2.27. The van der Waals surface area contributed by atoms with Gasteiger partial charge in [0.1, 0.15) is 12.1 Å². The molecule has 1 aliphatic heterocycles. The van der Waals surface area contributed by atoms with E-state index in [-0.39, 0.29) is 18.1 Å². The molecule has 1 rings (SSSR count). The molecule has 1 saturated heterocycles. The summed E-state index contributed by atoms with van der Waals surface area (Å²) in [6.45, 7) is 5.17. The van der Waals surface area contributed by atoms with Crippen LogP contribution in [0, 0.1) is 0 Å². The van der Waals surface area contributed by atoms with Gasteiger partial charge in [0.15, 0.2) is 0 Å². The molecule has 0 aromatic rings. The van der Waals surface area contributed by atoms with Crippen LogP contribution in [0.4, 0.5) is 0 Å². The standard InChI is InChI=1S/C10H19NO4/c1-3-14-6-7(2)15-10(13)9-4-8(12)5-11-9/h7-9,11-12H,3-6H2,1-2H3/t7?,8-,9-/m0/s1. The number of hydrogen-bond acceptors (Lipinski definition) is 5. The van der Waals surface area contributed by atoms with Gasteiger partial charge in [0.25, 0.3) is 0 Å². The van der Waals surface area contributed by atoms with Gasteiger partial charge >= 0.3 is 5.97 Å². The van der Waals surface area contributed by atoms with Gasteiger partial charge in [0.2, 0.25) is 0 Å². The van der Waals surface area contributed by atoms with Crippen LogP contribution < -0.4 is 5.32 Å². The number of nitrogens with one attached hydrogen (secondary N) is 1. The maximum absolute atomic E-state index is 11.5. The lowest BCUT2D eigenvalue weighted by molar-refractivity contribution is -0.153. The van der Waals surface area contributed by atoms with Gasteiger partial charge in [-0.3, -0.25) is 4.79 Å². The molecule has 0 amide bonds. The Morgan fingerprint density at radius 1 is 1.67 bits per heavy atom. The summed E-state index contributed by atoms with van der Waals surface area (Å²) in [7, 11) is 0. The summed E-state index contributed by atoms with van der Waals surface area (Å²) in [4.78, 5) is 11.5. The lowest BCUT2D eigenvalue weighted by Gasteiger charge is -2.16. The van der Waals surface area contributed by atoms with Crippen LogP contribution in [0.3, 0.4) is 0 Å². The quantitative estimate of drug-likeness (QED) is 0.618. The highest BCUT2D eigenvalue weighted by atomic mass is 16.6. The number of carbonyl (C=O) groups is 1. The first-order valence-corrected chi connectivity index (χ1v) is 5.33. The Morgan fingerprint density at radius 3 is 2.93 bits per heavy atom. The van der Waals surface area contributed by atoms with E-state index in [2.05, 4.69) is 5.32 Å². The fourth-order valence-electron chi connectivity index (χ4n) is 1.49. The van der Waals surface area contributed by atoms with Crippen LogP contribution in [0.5, 0.6) is 0 Å². The highest BCUT2D eigenvalue weighted by Crippen LogP contribution is 2.09. The summed E-state index contributed by atoms with van der Waals surface area (Å²) < 4.78 is 10.3. The van der Waals surface area contributed by atoms with Crippen LogP contribution in [0.25, 0.3) is 0 Å². The minimum Gasteiger partial charge on any atom is -0.459 e. The maximum atomic E-state index is 11.5. The van der Waals surface area contributed by atoms with E-state index in [1.807, 2.05) is 6.92 Å². The molecular weight excluding hydrogens is 198 g/mol. The number of aliphatic hydroxyl groups is 1. The first-order valence-electron chi connectivity index (χ1n) is 5.33. The fourth-order valence-corrected chi connectivity index (χ4v) is 1.49. The van der Waals surface area contributed by atoms with Crippen molar-refractivity contribution in [2.24, 2.45) is 0 Å². The zero-order valence-electron chi connectivity index (χ0n) is 9.23. The van der Waals surface area contributed by atoms with Gasteiger partial charge in [-0.05, 0) is 13.8 Å². The minimum atomic E-state index is -0.440. The molecular formula is C10H19NO4. The molecule has 0 aromatic carbocycles. The first-order chi connectivity index (χ1) is 7.13. The van der Waals surface area contributed by atoms with Gasteiger partial charge in [0, 0.05) is 19.6 Å². The average Bonchev–Trinajstić information content (AvgIpc) is 2.61. The molecule has 1 unspecified atom stereocenters. The van der Waals surface area contributed by atoms with Crippen LogP contribution >= 0.6 is 0 Å². The Kier molecular flexibility index (Phi) is 5.01. The maximum Gasteiger partial charge on any atom is 0.323 e. The van der Waals surface area contributed by atoms with Gasteiger partial charge in [-0.2, -0.15) is 0 Å². The van der Waals surface area contributed by atoms with Crippen molar-refractivity contribution >= 4 is 5.97 Å². The van der Waals surface area contributed by atoms with Gasteiger partial charge in [0.05, 0.1) is 12.7 Å². The van der Waals surface area contributed by atoms with Crippen molar-refractivity contribution in [3.05, 3.63) is 0 Å². The first kappa shape index (κ1) is 12.4. The number of esters is 1. The molecule has 0 aromatic heterocycles. The average molecular weight is 217 g/mol. The van der Waals surface area contributed by atoms with E-state index in [1.54, 1.807) is 6.92 Å². The highest BCUT2D eigenvalue weighted by Gasteiger charge is 2.30. The highest BCUT2D eigenvalue weighted by molar-refractivity contribution is 5.76. The summed E-state index contributed by atoms with van der Waals surface area (Å²) >= 11 is 0. The molecule has 0 saturated carbocycles. The summed E-state index contributed by atoms with van der Waals surface area (Å²) in [5.74, 6) is -0.307. The molecule has 0 spiro atoms. The van der Waals surface area contributed by atoms with Crippen molar-refractivity contribution in [1.82, 2.24) is 5.32 Å². The number of β-amino-alcohol motifs (C(OH)–C–C–N with tert-alkyl or cyclic N) is 1. The van der Waals surface area contributed by atoms with Crippen molar-refractivity contribution in [3.8, 4) is 0 Å². The SMILES string of the molecule is CCOCC(C)OC(=O)[C@@H]1C[C@H](O)CN1. The summed E-state index contributed by atoms with van der Waals surface area (Å²) in [6, 6.07) is -0.371. The lowest BCUT2D eigenvalue weighted by Crippen LogP contribution is -2.35. The van der Waals surface area contributed by atoms with Crippen LogP contribution in [0.2, 0.25) is 0 Å². The molecule has 0 radical (unpaired) electrons. The van der Waals surface area contributed by atoms with Gasteiger partial charge < -0.3 is 19.9 Å². The van der Waals surface area contributed by atoms with Gasteiger partial charge in [-0.1, -0.05) is 0 Å². The number of hydrogen-bond donors (Lipinski definition) is 2. The zero-order chi connectivity index (χ0) is 11.3. The van der Waals surface area contributed by atoms with Crippen molar-refractivity contribution in [1.29, 1.82) is 0 Å². The van der Waals surface area contributed by atoms with E-state index >= 15 is 0 Å². The molecule has 5 nitrogen and oxygen atoms in total. The molecule has 1 heterocycles. The fraction of sp³-hybridized carbons (Fsp3) is 0.900. The Balaban J connectivity index is 2.23. The lowest BCUT2D eigenvalue weighted by atomic mass is 10.2. The van der Waals surface area contributed by atoms with E-state index < -0.39 is 6.10 Å². The van der Waals surface area contributed by atoms with Crippen molar-refractivity contribution in [3.63, 3.8) is 0 Å². The van der Waals surface area contributed by atoms with E-state index in [4.69, 9.17) is 9.47 Å². The predicted octanol–water partition coefficient (Wildman–Crippen LogP) is -0.323.